The summed E-state index contributed by atoms with van der Waals surface area (Å²) in [6, 6.07) is 53.9. The first-order valence-electron chi connectivity index (χ1n) is 15.8. The molecule has 9 rings (SSSR count). The van der Waals surface area contributed by atoms with Crippen LogP contribution in [0.5, 0.6) is 0 Å². The van der Waals surface area contributed by atoms with Gasteiger partial charge >= 0.3 is 0 Å². The summed E-state index contributed by atoms with van der Waals surface area (Å²) in [5.41, 5.74) is 9.60. The van der Waals surface area contributed by atoms with E-state index in [1.807, 2.05) is 66.9 Å². The van der Waals surface area contributed by atoms with Gasteiger partial charge in [0.25, 0.3) is 0 Å². The highest BCUT2D eigenvalue weighted by atomic mass is 15.1. The van der Waals surface area contributed by atoms with Gasteiger partial charge in [-0.1, -0.05) is 84.9 Å². The molecule has 0 aliphatic rings. The summed E-state index contributed by atoms with van der Waals surface area (Å²) in [6.45, 7) is 0. The van der Waals surface area contributed by atoms with Crippen molar-refractivity contribution < 1.29 is 0 Å². The number of fused-ring (bicyclic) bond motifs is 6. The van der Waals surface area contributed by atoms with Gasteiger partial charge < -0.3 is 4.57 Å². The second-order valence-corrected chi connectivity index (χ2v) is 11.9. The topological polar surface area (TPSA) is 70.3 Å². The lowest BCUT2D eigenvalue weighted by molar-refractivity contribution is 1.08. The van der Waals surface area contributed by atoms with Crippen molar-refractivity contribution in [2.24, 2.45) is 0 Å². The smallest absolute Gasteiger partial charge is 0.137 e. The molecule has 5 nitrogen and oxygen atoms in total. The Morgan fingerprint density at radius 2 is 1.00 bits per heavy atom. The van der Waals surface area contributed by atoms with Crippen molar-refractivity contribution in [1.82, 2.24) is 14.1 Å². The van der Waals surface area contributed by atoms with Gasteiger partial charge in [-0.2, -0.15) is 10.5 Å². The molecule has 0 N–H and O–H groups in total. The highest BCUT2D eigenvalue weighted by Crippen LogP contribution is 2.39. The summed E-state index contributed by atoms with van der Waals surface area (Å²) >= 11 is 0. The first-order valence-corrected chi connectivity index (χ1v) is 15.8. The van der Waals surface area contributed by atoms with Crippen molar-refractivity contribution in [3.8, 4) is 45.9 Å². The number of aromatic nitrogens is 3. The van der Waals surface area contributed by atoms with Crippen LogP contribution in [-0.2, 0) is 0 Å². The van der Waals surface area contributed by atoms with Crippen LogP contribution in [0.2, 0.25) is 0 Å². The zero-order valence-corrected chi connectivity index (χ0v) is 25.7. The molecule has 0 radical (unpaired) electrons. The molecule has 0 saturated heterocycles. The minimum Gasteiger partial charge on any atom is -0.307 e. The van der Waals surface area contributed by atoms with E-state index in [4.69, 9.17) is 4.98 Å². The number of para-hydroxylation sites is 5. The minimum absolute atomic E-state index is 0.532. The molecular formula is C43H25N5. The maximum Gasteiger partial charge on any atom is 0.137 e. The highest BCUT2D eigenvalue weighted by molar-refractivity contribution is 6.10. The Labute approximate surface area is 276 Å². The third-order valence-electron chi connectivity index (χ3n) is 9.22. The summed E-state index contributed by atoms with van der Waals surface area (Å²) in [4.78, 5) is 4.94. The molecule has 6 aromatic carbocycles. The van der Waals surface area contributed by atoms with Crippen molar-refractivity contribution in [2.45, 2.75) is 0 Å². The SMILES string of the molecule is N#Cc1cc(-c2ccc(-n3c4ccccc4c4ccccc43)nc2)cc(-c2cccc(C#N)c2-n2c3ccccc3c3ccccc32)c1. The number of benzene rings is 6. The Morgan fingerprint density at radius 1 is 0.458 bits per heavy atom. The molecule has 9 aromatic rings. The molecule has 3 aromatic heterocycles. The van der Waals surface area contributed by atoms with Crippen molar-refractivity contribution in [3.63, 3.8) is 0 Å². The first kappa shape index (κ1) is 27.4. The zero-order valence-electron chi connectivity index (χ0n) is 25.7. The third kappa shape index (κ3) is 4.13. The van der Waals surface area contributed by atoms with Crippen LogP contribution in [0.25, 0.3) is 77.4 Å². The maximum absolute atomic E-state index is 10.4. The fraction of sp³-hybridized carbons (Fsp3) is 0. The summed E-state index contributed by atoms with van der Waals surface area (Å²) < 4.78 is 4.37. The van der Waals surface area contributed by atoms with Crippen molar-refractivity contribution in [2.75, 3.05) is 0 Å². The molecule has 48 heavy (non-hydrogen) atoms. The van der Waals surface area contributed by atoms with Crippen LogP contribution in [0.4, 0.5) is 0 Å². The van der Waals surface area contributed by atoms with E-state index in [1.165, 1.54) is 10.8 Å². The van der Waals surface area contributed by atoms with E-state index in [2.05, 4.69) is 106 Å². The fourth-order valence-corrected chi connectivity index (χ4v) is 7.14. The normalized spacial score (nSPS) is 11.3. The van der Waals surface area contributed by atoms with Gasteiger partial charge in [0, 0.05) is 38.9 Å². The molecule has 3 heterocycles. The van der Waals surface area contributed by atoms with Crippen LogP contribution >= 0.6 is 0 Å². The van der Waals surface area contributed by atoms with E-state index in [1.54, 1.807) is 0 Å². The molecule has 0 unspecified atom stereocenters. The molecule has 5 heteroatoms. The Hall–Kier alpha value is -6.95. The molecule has 0 saturated carbocycles. The summed E-state index contributed by atoms with van der Waals surface area (Å²) in [7, 11) is 0. The first-order chi connectivity index (χ1) is 23.7. The van der Waals surface area contributed by atoms with E-state index in [0.29, 0.717) is 11.1 Å². The lowest BCUT2D eigenvalue weighted by atomic mass is 9.94. The van der Waals surface area contributed by atoms with E-state index in [0.717, 1.165) is 66.6 Å². The lowest BCUT2D eigenvalue weighted by Crippen LogP contribution is -2.01. The molecule has 0 amide bonds. The number of rotatable bonds is 4. The van der Waals surface area contributed by atoms with Gasteiger partial charge in [0.1, 0.15) is 11.9 Å². The predicted octanol–water partition coefficient (Wildman–Crippen LogP) is 10.4. The van der Waals surface area contributed by atoms with Gasteiger partial charge in [0.05, 0.1) is 45.0 Å². The Morgan fingerprint density at radius 3 is 1.52 bits per heavy atom. The van der Waals surface area contributed by atoms with Crippen LogP contribution in [0.3, 0.4) is 0 Å². The number of pyridine rings is 1. The molecule has 0 bridgehead atoms. The molecule has 0 spiro atoms. The quantitative estimate of drug-likeness (QED) is 0.199. The Bertz CT molecular complexity index is 2700. The van der Waals surface area contributed by atoms with E-state index in [9.17, 15) is 10.5 Å². The Balaban J connectivity index is 1.22. The van der Waals surface area contributed by atoms with Gasteiger partial charge in [-0.05, 0) is 71.8 Å². The third-order valence-corrected chi connectivity index (χ3v) is 9.22. The zero-order chi connectivity index (χ0) is 32.2. The van der Waals surface area contributed by atoms with Crippen LogP contribution in [0, 0.1) is 22.7 Å². The molecule has 0 aliphatic carbocycles. The van der Waals surface area contributed by atoms with Crippen molar-refractivity contribution in [1.29, 1.82) is 10.5 Å². The van der Waals surface area contributed by atoms with E-state index in [-0.39, 0.29) is 0 Å². The van der Waals surface area contributed by atoms with Gasteiger partial charge in [-0.25, -0.2) is 4.98 Å². The number of hydrogen-bond donors (Lipinski definition) is 0. The molecule has 0 atom stereocenters. The maximum atomic E-state index is 10.4. The highest BCUT2D eigenvalue weighted by Gasteiger charge is 2.20. The lowest BCUT2D eigenvalue weighted by Gasteiger charge is -2.17. The van der Waals surface area contributed by atoms with Gasteiger partial charge in [0.15, 0.2) is 0 Å². The second kappa shape index (κ2) is 10.8. The average molecular weight is 612 g/mol. The Kier molecular flexibility index (Phi) is 6.18. The van der Waals surface area contributed by atoms with Gasteiger partial charge in [-0.15, -0.1) is 0 Å². The van der Waals surface area contributed by atoms with Crippen LogP contribution in [0.15, 0.2) is 152 Å². The van der Waals surface area contributed by atoms with E-state index < -0.39 is 0 Å². The fourth-order valence-electron chi connectivity index (χ4n) is 7.14. The summed E-state index contributed by atoms with van der Waals surface area (Å²) in [6.07, 6.45) is 1.87. The number of hydrogen-bond acceptors (Lipinski definition) is 3. The van der Waals surface area contributed by atoms with Crippen LogP contribution < -0.4 is 0 Å². The standard InChI is InChI=1S/C43H25N5/c44-25-28-22-31(30-20-21-42(46-27-30)47-38-16-5-1-11-34(38)35-12-2-6-17-39(35)47)24-32(23-28)33-15-9-10-29(26-45)43(33)48-40-18-7-3-13-36(40)37-14-4-8-19-41(37)48/h1-24,27H. The molecule has 0 fully saturated rings. The summed E-state index contributed by atoms with van der Waals surface area (Å²) in [5, 5.41) is 25.1. The monoisotopic (exact) mass is 611 g/mol. The second-order valence-electron chi connectivity index (χ2n) is 11.9. The molecular weight excluding hydrogens is 587 g/mol. The van der Waals surface area contributed by atoms with Crippen LogP contribution in [-0.4, -0.2) is 14.1 Å². The average Bonchev–Trinajstić information content (AvgIpc) is 3.67. The van der Waals surface area contributed by atoms with Crippen molar-refractivity contribution >= 4 is 43.6 Å². The number of nitrogens with zero attached hydrogens (tertiary/aromatic N) is 5. The van der Waals surface area contributed by atoms with E-state index >= 15 is 0 Å². The minimum atomic E-state index is 0.532. The molecule has 0 aliphatic heterocycles. The van der Waals surface area contributed by atoms with Gasteiger partial charge in [-0.3, -0.25) is 4.57 Å². The van der Waals surface area contributed by atoms with Gasteiger partial charge in [0.2, 0.25) is 0 Å². The number of nitriles is 2. The largest absolute Gasteiger partial charge is 0.307 e. The predicted molar refractivity (Wildman–Crippen MR) is 193 cm³/mol. The van der Waals surface area contributed by atoms with Crippen LogP contribution in [0.1, 0.15) is 11.1 Å². The van der Waals surface area contributed by atoms with Crippen molar-refractivity contribution in [3.05, 3.63) is 163 Å². The summed E-state index contributed by atoms with van der Waals surface area (Å²) in [5.74, 6) is 0.822. The molecule has 222 valence electrons.